The van der Waals surface area contributed by atoms with Gasteiger partial charge in [-0.15, -0.1) is 0 Å². The first-order chi connectivity index (χ1) is 18.2. The fourth-order valence-corrected chi connectivity index (χ4v) is 5.55. The van der Waals surface area contributed by atoms with E-state index < -0.39 is 5.60 Å². The predicted octanol–water partition coefficient (Wildman–Crippen LogP) is 5.37. The van der Waals surface area contributed by atoms with Crippen LogP contribution in [0.5, 0.6) is 0 Å². The van der Waals surface area contributed by atoms with Crippen LogP contribution in [-0.4, -0.2) is 65.3 Å². The second kappa shape index (κ2) is 10.9. The van der Waals surface area contributed by atoms with Crippen LogP contribution >= 0.6 is 0 Å². The van der Waals surface area contributed by atoms with Crippen molar-refractivity contribution in [3.8, 4) is 0 Å². The van der Waals surface area contributed by atoms with E-state index in [-0.39, 0.29) is 5.97 Å². The molecule has 4 rings (SSSR count). The molecule has 1 aliphatic rings. The van der Waals surface area contributed by atoms with Gasteiger partial charge in [-0.3, -0.25) is 4.98 Å². The third kappa shape index (κ3) is 4.44. The zero-order valence-electron chi connectivity index (χ0n) is 24.1. The molecule has 0 radical (unpaired) electrons. The molecule has 0 amide bonds. The molecule has 0 aliphatic carbocycles. The van der Waals surface area contributed by atoms with Crippen molar-refractivity contribution in [3.05, 3.63) is 77.1 Å². The molecule has 0 unspecified atom stereocenters. The van der Waals surface area contributed by atoms with Crippen LogP contribution in [0.3, 0.4) is 0 Å². The Morgan fingerprint density at radius 3 is 1.63 bits per heavy atom. The molecule has 3 aromatic rings. The molecule has 38 heavy (non-hydrogen) atoms. The minimum absolute atomic E-state index is 0.358. The summed E-state index contributed by atoms with van der Waals surface area (Å²) in [5.41, 5.74) is 5.95. The van der Waals surface area contributed by atoms with E-state index in [1.807, 2.05) is 34.3 Å². The van der Waals surface area contributed by atoms with Gasteiger partial charge in [0.1, 0.15) is 5.69 Å². The number of hydrogen-bond acceptors (Lipinski definition) is 7. The Morgan fingerprint density at radius 2 is 1.21 bits per heavy atom. The number of nitrogens with zero attached hydrogens (tertiary/aromatic N) is 5. The molecule has 0 saturated carbocycles. The van der Waals surface area contributed by atoms with E-state index in [0.29, 0.717) is 11.3 Å². The van der Waals surface area contributed by atoms with Crippen molar-refractivity contribution in [1.29, 1.82) is 0 Å². The molecule has 0 saturated heterocycles. The maximum Gasteiger partial charge on any atom is 0.341 e. The van der Waals surface area contributed by atoms with Crippen molar-refractivity contribution in [2.24, 2.45) is 0 Å². The van der Waals surface area contributed by atoms with Gasteiger partial charge in [-0.05, 0) is 64.1 Å². The zero-order valence-corrected chi connectivity index (χ0v) is 24.1. The number of hydrogen-bond donors (Lipinski definition) is 0. The average molecular weight is 516 g/mol. The quantitative estimate of drug-likeness (QED) is 0.337. The van der Waals surface area contributed by atoms with E-state index in [1.165, 1.54) is 0 Å². The van der Waals surface area contributed by atoms with Gasteiger partial charge in [0.05, 0.1) is 5.56 Å². The summed E-state index contributed by atoms with van der Waals surface area (Å²) in [6, 6.07) is 16.5. The molecular formula is C31H41N5O2. The van der Waals surface area contributed by atoms with E-state index in [0.717, 1.165) is 60.1 Å². The second-order valence-corrected chi connectivity index (χ2v) is 10.0. The van der Waals surface area contributed by atoms with E-state index >= 15 is 0 Å². The number of anilines is 4. The number of ether oxygens (including phenoxy) is 1. The fourth-order valence-electron chi connectivity index (χ4n) is 5.55. The first-order valence-electron chi connectivity index (χ1n) is 13.6. The smallest absolute Gasteiger partial charge is 0.341 e. The normalized spacial score (nSPS) is 13.6. The monoisotopic (exact) mass is 515 g/mol. The molecule has 0 N–H and O–H groups in total. The summed E-state index contributed by atoms with van der Waals surface area (Å²) in [5.74, 6) is -0.358. The lowest BCUT2D eigenvalue weighted by molar-refractivity contribution is 0.0246. The first-order valence-corrected chi connectivity index (χ1v) is 13.6. The Kier molecular flexibility index (Phi) is 7.86. The Labute approximate surface area is 227 Å². The molecule has 202 valence electrons. The van der Waals surface area contributed by atoms with Gasteiger partial charge in [0.2, 0.25) is 5.60 Å². The highest BCUT2D eigenvalue weighted by atomic mass is 16.6. The number of esters is 1. The molecule has 0 atom stereocenters. The highest BCUT2D eigenvalue weighted by Crippen LogP contribution is 2.52. The number of rotatable bonds is 10. The number of pyridine rings is 1. The van der Waals surface area contributed by atoms with Crippen LogP contribution in [0.2, 0.25) is 0 Å². The number of cyclic esters (lactones) is 1. The third-order valence-corrected chi connectivity index (χ3v) is 7.55. The topological polar surface area (TPSA) is 52.2 Å². The van der Waals surface area contributed by atoms with Crippen molar-refractivity contribution in [3.63, 3.8) is 0 Å². The lowest BCUT2D eigenvalue weighted by Crippen LogP contribution is -2.35. The summed E-state index contributed by atoms with van der Waals surface area (Å²) in [4.78, 5) is 27.0. The number of fused-ring (bicyclic) bond motifs is 1. The molecule has 7 nitrogen and oxygen atoms in total. The lowest BCUT2D eigenvalue weighted by Gasteiger charge is -2.36. The van der Waals surface area contributed by atoms with Crippen molar-refractivity contribution in [1.82, 2.24) is 4.98 Å². The number of aromatic nitrogens is 1. The molecule has 2 aromatic carbocycles. The van der Waals surface area contributed by atoms with Crippen molar-refractivity contribution in [2.75, 3.05) is 74.0 Å². The highest BCUT2D eigenvalue weighted by Gasteiger charge is 2.52. The van der Waals surface area contributed by atoms with Gasteiger partial charge < -0.3 is 24.3 Å². The standard InChI is InChI=1S/C31H41N5O2/c1-9-35(10-2)22-15-17-25(27(20-22)33(5)6)31(29-24(30(37)38-31)14-13-19-32-29)26-18-16-23(36(11-3)12-4)21-28(26)34(7)8/h13-21H,9-12H2,1-8H3. The Hall–Kier alpha value is -3.74. The first kappa shape index (κ1) is 27.3. The van der Waals surface area contributed by atoms with Crippen molar-refractivity contribution >= 4 is 28.7 Å². The Balaban J connectivity index is 2.08. The predicted molar refractivity (Wildman–Crippen MR) is 158 cm³/mol. The van der Waals surface area contributed by atoms with E-state index in [1.54, 1.807) is 12.3 Å². The summed E-state index contributed by atoms with van der Waals surface area (Å²) in [5, 5.41) is 0. The summed E-state index contributed by atoms with van der Waals surface area (Å²) in [7, 11) is 8.13. The van der Waals surface area contributed by atoms with Crippen LogP contribution in [0, 0.1) is 0 Å². The summed E-state index contributed by atoms with van der Waals surface area (Å²) in [6.45, 7) is 12.3. The van der Waals surface area contributed by atoms with Gasteiger partial charge in [0.15, 0.2) is 0 Å². The van der Waals surface area contributed by atoms with Crippen LogP contribution in [0.25, 0.3) is 0 Å². The number of carbonyl (C=O) groups is 1. The fraction of sp³-hybridized carbons (Fsp3) is 0.419. The van der Waals surface area contributed by atoms with Gasteiger partial charge >= 0.3 is 5.97 Å². The average Bonchev–Trinajstić information content (AvgIpc) is 3.23. The van der Waals surface area contributed by atoms with Crippen molar-refractivity contribution in [2.45, 2.75) is 33.3 Å². The molecule has 7 heteroatoms. The third-order valence-electron chi connectivity index (χ3n) is 7.55. The maximum absolute atomic E-state index is 13.4. The highest BCUT2D eigenvalue weighted by molar-refractivity contribution is 5.96. The van der Waals surface area contributed by atoms with Crippen LogP contribution < -0.4 is 19.6 Å². The number of carbonyl (C=O) groups excluding carboxylic acids is 1. The zero-order chi connectivity index (χ0) is 27.6. The van der Waals surface area contributed by atoms with Crippen LogP contribution in [0.1, 0.15) is 54.9 Å². The van der Waals surface area contributed by atoms with Gasteiger partial charge in [-0.25, -0.2) is 4.79 Å². The number of benzene rings is 2. The SMILES string of the molecule is CCN(CC)c1ccc(C2(c3ccc(N(CC)CC)cc3N(C)C)OC(=O)c3cccnc32)c(N(C)C)c1. The van der Waals surface area contributed by atoms with Crippen LogP contribution in [0.15, 0.2) is 54.7 Å². The van der Waals surface area contributed by atoms with E-state index in [2.05, 4.69) is 83.7 Å². The van der Waals surface area contributed by atoms with E-state index in [9.17, 15) is 4.79 Å². The van der Waals surface area contributed by atoms with Gasteiger partial charge in [-0.1, -0.05) is 12.1 Å². The van der Waals surface area contributed by atoms with Gasteiger partial charge in [0, 0.05) is 94.4 Å². The summed E-state index contributed by atoms with van der Waals surface area (Å²) >= 11 is 0. The molecule has 0 fully saturated rings. The second-order valence-electron chi connectivity index (χ2n) is 10.0. The Bertz CT molecular complexity index is 1230. The largest absolute Gasteiger partial charge is 0.439 e. The summed E-state index contributed by atoms with van der Waals surface area (Å²) < 4.78 is 6.50. The van der Waals surface area contributed by atoms with E-state index in [4.69, 9.17) is 9.72 Å². The minimum Gasteiger partial charge on any atom is -0.439 e. The molecular weight excluding hydrogens is 474 g/mol. The molecule has 1 aliphatic heterocycles. The van der Waals surface area contributed by atoms with Crippen LogP contribution in [-0.2, 0) is 10.3 Å². The molecule has 0 spiro atoms. The summed E-state index contributed by atoms with van der Waals surface area (Å²) in [6.07, 6.45) is 1.74. The molecule has 2 heterocycles. The van der Waals surface area contributed by atoms with Crippen molar-refractivity contribution < 1.29 is 9.53 Å². The van der Waals surface area contributed by atoms with Crippen LogP contribution in [0.4, 0.5) is 22.7 Å². The molecule has 0 bridgehead atoms. The van der Waals surface area contributed by atoms with Gasteiger partial charge in [-0.2, -0.15) is 0 Å². The minimum atomic E-state index is -1.20. The maximum atomic E-state index is 13.4. The molecule has 1 aromatic heterocycles. The Morgan fingerprint density at radius 1 is 0.737 bits per heavy atom. The lowest BCUT2D eigenvalue weighted by atomic mass is 9.80. The van der Waals surface area contributed by atoms with Gasteiger partial charge in [0.25, 0.3) is 0 Å².